The number of fused-ring (bicyclic) bond motifs is 2. The Morgan fingerprint density at radius 1 is 1.16 bits per heavy atom. The van der Waals surface area contributed by atoms with E-state index < -0.39 is 22.9 Å². The average Bonchev–Trinajstić information content (AvgIpc) is 3.21. The van der Waals surface area contributed by atoms with Crippen molar-refractivity contribution in [2.24, 2.45) is 14.1 Å². The normalized spacial score (nSPS) is 12.1. The molecule has 0 fully saturated rings. The molecule has 0 saturated heterocycles. The van der Waals surface area contributed by atoms with Gasteiger partial charge in [0.1, 0.15) is 5.60 Å². The fourth-order valence-corrected chi connectivity index (χ4v) is 4.14. The van der Waals surface area contributed by atoms with Crippen molar-refractivity contribution < 1.29 is 9.53 Å². The zero-order valence-corrected chi connectivity index (χ0v) is 20.3. The molecule has 32 heavy (non-hydrogen) atoms. The van der Waals surface area contributed by atoms with Crippen LogP contribution in [0.3, 0.4) is 0 Å². The number of aryl methyl sites for hydroxylation is 3. The van der Waals surface area contributed by atoms with Crippen LogP contribution in [0.1, 0.15) is 32.0 Å². The molecule has 0 aliphatic heterocycles. The van der Waals surface area contributed by atoms with Gasteiger partial charge in [-0.1, -0.05) is 12.1 Å². The number of rotatable bonds is 2. The third kappa shape index (κ3) is 3.48. The van der Waals surface area contributed by atoms with E-state index in [0.717, 1.165) is 15.5 Å². The summed E-state index contributed by atoms with van der Waals surface area (Å²) >= 11 is 3.31. The van der Waals surface area contributed by atoms with E-state index in [1.807, 2.05) is 31.2 Å². The molecule has 0 atom stereocenters. The van der Waals surface area contributed by atoms with Crippen molar-refractivity contribution in [3.63, 3.8) is 0 Å². The Morgan fingerprint density at radius 3 is 2.50 bits per heavy atom. The largest absolute Gasteiger partial charge is 0.443 e. The number of benzene rings is 1. The van der Waals surface area contributed by atoms with E-state index in [1.54, 1.807) is 39.4 Å². The molecule has 4 aromatic rings. The molecule has 0 bridgehead atoms. The van der Waals surface area contributed by atoms with Gasteiger partial charge >= 0.3 is 11.8 Å². The fraction of sp³-hybridized carbons (Fsp3) is 0.364. The van der Waals surface area contributed by atoms with Crippen molar-refractivity contribution in [1.82, 2.24) is 23.3 Å². The Bertz CT molecular complexity index is 1510. The lowest BCUT2D eigenvalue weighted by molar-refractivity contribution is 0.0540. The number of halogens is 1. The summed E-state index contributed by atoms with van der Waals surface area (Å²) in [4.78, 5) is 43.7. The molecule has 10 heteroatoms. The fourth-order valence-electron chi connectivity index (χ4n) is 3.79. The highest BCUT2D eigenvalue weighted by molar-refractivity contribution is 9.10. The van der Waals surface area contributed by atoms with Crippen molar-refractivity contribution in [3.05, 3.63) is 61.1 Å². The van der Waals surface area contributed by atoms with Gasteiger partial charge < -0.3 is 9.30 Å². The molecular formula is C22H24BrN5O4. The van der Waals surface area contributed by atoms with E-state index in [2.05, 4.69) is 20.9 Å². The molecule has 0 spiro atoms. The second-order valence-corrected chi connectivity index (χ2v) is 9.51. The highest BCUT2D eigenvalue weighted by atomic mass is 79.9. The number of nitrogens with zero attached hydrogens (tertiary/aromatic N) is 5. The molecule has 4 rings (SSSR count). The quantitative estimate of drug-likeness (QED) is 0.393. The SMILES string of the molecule is Cc1cccc2c1cc(Cn1c(=O)c3c(nc(Br)n3C)n(C)c1=O)n2C(=O)OC(C)(C)C. The first kappa shape index (κ1) is 22.1. The van der Waals surface area contributed by atoms with Crippen molar-refractivity contribution in [2.75, 3.05) is 0 Å². The smallest absolute Gasteiger partial charge is 0.419 e. The third-order valence-corrected chi connectivity index (χ3v) is 6.05. The van der Waals surface area contributed by atoms with Gasteiger partial charge in [-0.2, -0.15) is 0 Å². The summed E-state index contributed by atoms with van der Waals surface area (Å²) in [6, 6.07) is 7.44. The van der Waals surface area contributed by atoms with E-state index in [4.69, 9.17) is 4.74 Å². The molecular weight excluding hydrogens is 478 g/mol. The minimum absolute atomic E-state index is 0.0996. The Morgan fingerprint density at radius 2 is 1.84 bits per heavy atom. The predicted octanol–water partition coefficient (Wildman–Crippen LogP) is 3.29. The monoisotopic (exact) mass is 501 g/mol. The zero-order chi connectivity index (χ0) is 23.5. The van der Waals surface area contributed by atoms with E-state index in [1.165, 1.54) is 9.13 Å². The topological polar surface area (TPSA) is 93.0 Å². The maximum atomic E-state index is 13.3. The zero-order valence-electron chi connectivity index (χ0n) is 18.8. The summed E-state index contributed by atoms with van der Waals surface area (Å²) < 4.78 is 11.5. The molecule has 0 saturated carbocycles. The van der Waals surface area contributed by atoms with Crippen molar-refractivity contribution in [2.45, 2.75) is 39.8 Å². The number of carbonyl (C=O) groups excluding carboxylic acids is 1. The molecule has 1 aromatic carbocycles. The molecule has 168 valence electrons. The first-order chi connectivity index (χ1) is 14.9. The van der Waals surface area contributed by atoms with Gasteiger partial charge in [0.15, 0.2) is 15.9 Å². The predicted molar refractivity (Wildman–Crippen MR) is 125 cm³/mol. The van der Waals surface area contributed by atoms with Gasteiger partial charge in [-0.3, -0.25) is 13.9 Å². The highest BCUT2D eigenvalue weighted by Gasteiger charge is 2.24. The highest BCUT2D eigenvalue weighted by Crippen LogP contribution is 2.25. The minimum atomic E-state index is -0.707. The minimum Gasteiger partial charge on any atom is -0.443 e. The summed E-state index contributed by atoms with van der Waals surface area (Å²) in [5.74, 6) is 0. The first-order valence-corrected chi connectivity index (χ1v) is 10.8. The Balaban J connectivity index is 1.97. The molecule has 0 amide bonds. The average molecular weight is 502 g/mol. The van der Waals surface area contributed by atoms with Crippen molar-refractivity contribution in [3.8, 4) is 0 Å². The summed E-state index contributed by atoms with van der Waals surface area (Å²) in [5, 5.41) is 0.850. The second-order valence-electron chi connectivity index (χ2n) is 8.80. The van der Waals surface area contributed by atoms with E-state index in [9.17, 15) is 14.4 Å². The van der Waals surface area contributed by atoms with Gasteiger partial charge in [-0.25, -0.2) is 19.1 Å². The van der Waals surface area contributed by atoms with Gasteiger partial charge in [0.25, 0.3) is 5.56 Å². The van der Waals surface area contributed by atoms with E-state index in [0.29, 0.717) is 15.9 Å². The first-order valence-electron chi connectivity index (χ1n) is 10.1. The second kappa shape index (κ2) is 7.47. The van der Waals surface area contributed by atoms with Gasteiger partial charge in [0.05, 0.1) is 17.8 Å². The Kier molecular flexibility index (Phi) is 5.15. The van der Waals surface area contributed by atoms with Gasteiger partial charge in [0.2, 0.25) is 0 Å². The molecule has 0 aliphatic carbocycles. The Labute approximate surface area is 192 Å². The van der Waals surface area contributed by atoms with Gasteiger partial charge in [-0.15, -0.1) is 0 Å². The third-order valence-electron chi connectivity index (χ3n) is 5.34. The summed E-state index contributed by atoms with van der Waals surface area (Å²) in [5.41, 5.74) is 0.961. The van der Waals surface area contributed by atoms with Crippen LogP contribution in [0, 0.1) is 6.92 Å². The Hall–Kier alpha value is -3.14. The van der Waals surface area contributed by atoms with Crippen LogP contribution in [0.15, 0.2) is 38.6 Å². The van der Waals surface area contributed by atoms with Crippen LogP contribution in [0.2, 0.25) is 0 Å². The van der Waals surface area contributed by atoms with Crippen LogP contribution in [-0.4, -0.2) is 34.9 Å². The maximum absolute atomic E-state index is 13.3. The number of imidazole rings is 1. The summed E-state index contributed by atoms with van der Waals surface area (Å²) in [6.45, 7) is 7.20. The number of hydrogen-bond acceptors (Lipinski definition) is 5. The van der Waals surface area contributed by atoms with Gasteiger partial charge in [-0.05, 0) is 61.3 Å². The van der Waals surface area contributed by atoms with Crippen LogP contribution in [0.5, 0.6) is 0 Å². The molecule has 0 aliphatic rings. The number of aromatic nitrogens is 5. The van der Waals surface area contributed by atoms with Crippen LogP contribution >= 0.6 is 15.9 Å². The number of hydrogen-bond donors (Lipinski definition) is 0. The van der Waals surface area contributed by atoms with E-state index >= 15 is 0 Å². The van der Waals surface area contributed by atoms with E-state index in [-0.39, 0.29) is 17.7 Å². The molecule has 0 N–H and O–H groups in total. The summed E-state index contributed by atoms with van der Waals surface area (Å²) in [6.07, 6.45) is -0.567. The van der Waals surface area contributed by atoms with Crippen LogP contribution in [0.25, 0.3) is 22.1 Å². The van der Waals surface area contributed by atoms with Crippen molar-refractivity contribution in [1.29, 1.82) is 0 Å². The molecule has 3 heterocycles. The lowest BCUT2D eigenvalue weighted by Gasteiger charge is -2.21. The lowest BCUT2D eigenvalue weighted by Crippen LogP contribution is -2.40. The molecule has 0 radical (unpaired) electrons. The molecule has 9 nitrogen and oxygen atoms in total. The van der Waals surface area contributed by atoms with Gasteiger partial charge in [0, 0.05) is 19.5 Å². The summed E-state index contributed by atoms with van der Waals surface area (Å²) in [7, 11) is 3.25. The lowest BCUT2D eigenvalue weighted by atomic mass is 10.1. The van der Waals surface area contributed by atoms with Crippen LogP contribution in [-0.2, 0) is 25.4 Å². The number of carbonyl (C=O) groups is 1. The standard InChI is InChI=1S/C22H24BrN5O4/c1-12-8-7-9-15-14(12)10-13(28(15)21(31)32-22(2,3)4)11-27-18(29)16-17(26(6)20(27)30)24-19(23)25(16)5/h7-10H,11H2,1-6H3. The molecule has 3 aromatic heterocycles. The van der Waals surface area contributed by atoms with Crippen LogP contribution < -0.4 is 11.2 Å². The van der Waals surface area contributed by atoms with Crippen molar-refractivity contribution >= 4 is 44.1 Å². The van der Waals surface area contributed by atoms with Crippen LogP contribution in [0.4, 0.5) is 4.79 Å². The maximum Gasteiger partial charge on any atom is 0.419 e. The molecule has 0 unspecified atom stereocenters. The number of ether oxygens (including phenoxy) is 1.